The molecule has 5 nitrogen and oxygen atoms in total. The molecule has 0 bridgehead atoms. The highest BCUT2D eigenvalue weighted by molar-refractivity contribution is 7.25. The lowest BCUT2D eigenvalue weighted by Crippen LogP contribution is -2.04. The van der Waals surface area contributed by atoms with Crippen molar-refractivity contribution in [3.05, 3.63) is 194 Å². The second-order valence-electron chi connectivity index (χ2n) is 14.4. The second-order valence-corrected chi connectivity index (χ2v) is 15.4. The van der Waals surface area contributed by atoms with Crippen molar-refractivity contribution in [2.75, 3.05) is 0 Å². The van der Waals surface area contributed by atoms with Crippen LogP contribution in [0.4, 0.5) is 0 Å². The van der Waals surface area contributed by atoms with E-state index in [9.17, 15) is 5.26 Å². The van der Waals surface area contributed by atoms with Crippen molar-refractivity contribution in [2.45, 2.75) is 0 Å². The van der Waals surface area contributed by atoms with E-state index in [0.717, 1.165) is 66.4 Å². The minimum absolute atomic E-state index is 0.586. The molecule has 11 aromatic rings. The SMILES string of the molecule is N#Cc1cccc(-c2ccc3c(c2)c2ccccc2n3-c2ccc(-c3ccc4c(c3)sc3ccccc34)cc2-c2nc(-c3ccccc3)nc(-c3ccccc3)n2)c1. The zero-order valence-electron chi connectivity index (χ0n) is 31.0. The first-order chi connectivity index (χ1) is 28.7. The van der Waals surface area contributed by atoms with Crippen LogP contribution in [0.15, 0.2) is 188 Å². The quantitative estimate of drug-likeness (QED) is 0.169. The molecule has 0 atom stereocenters. The Kier molecular flexibility index (Phi) is 7.99. The van der Waals surface area contributed by atoms with E-state index >= 15 is 0 Å². The van der Waals surface area contributed by atoms with E-state index in [-0.39, 0.29) is 0 Å². The van der Waals surface area contributed by atoms with Crippen LogP contribution in [-0.4, -0.2) is 19.5 Å². The van der Waals surface area contributed by atoms with Gasteiger partial charge in [-0.15, -0.1) is 11.3 Å². The van der Waals surface area contributed by atoms with E-state index in [4.69, 9.17) is 15.0 Å². The van der Waals surface area contributed by atoms with Crippen LogP contribution in [0.25, 0.3) is 104 Å². The summed E-state index contributed by atoms with van der Waals surface area (Å²) in [6.07, 6.45) is 0. The highest BCUT2D eigenvalue weighted by atomic mass is 32.1. The fraction of sp³-hybridized carbons (Fsp3) is 0. The molecule has 58 heavy (non-hydrogen) atoms. The maximum Gasteiger partial charge on any atom is 0.166 e. The molecule has 0 fully saturated rings. The van der Waals surface area contributed by atoms with E-state index in [0.29, 0.717) is 23.0 Å². The predicted octanol–water partition coefficient (Wildman–Crippen LogP) is 13.5. The van der Waals surface area contributed by atoms with Crippen LogP contribution in [0.2, 0.25) is 0 Å². The number of benzene rings is 8. The molecule has 0 amide bonds. The molecule has 270 valence electrons. The van der Waals surface area contributed by atoms with E-state index in [2.05, 4.69) is 120 Å². The lowest BCUT2D eigenvalue weighted by molar-refractivity contribution is 1.06. The van der Waals surface area contributed by atoms with Crippen LogP contribution in [0, 0.1) is 11.3 Å². The minimum Gasteiger partial charge on any atom is -0.309 e. The average molecular weight is 758 g/mol. The number of hydrogen-bond donors (Lipinski definition) is 0. The van der Waals surface area contributed by atoms with Crippen LogP contribution in [0.1, 0.15) is 5.56 Å². The number of para-hydroxylation sites is 1. The smallest absolute Gasteiger partial charge is 0.166 e. The third-order valence-corrected chi connectivity index (χ3v) is 12.0. The summed E-state index contributed by atoms with van der Waals surface area (Å²) in [5, 5.41) is 14.4. The third kappa shape index (κ3) is 5.73. The van der Waals surface area contributed by atoms with Gasteiger partial charge < -0.3 is 4.57 Å². The first-order valence-corrected chi connectivity index (χ1v) is 20.0. The maximum atomic E-state index is 9.64. The van der Waals surface area contributed by atoms with Gasteiger partial charge in [-0.3, -0.25) is 0 Å². The number of rotatable bonds is 6. The molecule has 0 spiro atoms. The molecule has 0 N–H and O–H groups in total. The summed E-state index contributed by atoms with van der Waals surface area (Å²) in [5.41, 5.74) is 10.7. The summed E-state index contributed by atoms with van der Waals surface area (Å²) in [6.45, 7) is 0. The van der Waals surface area contributed by atoms with Gasteiger partial charge >= 0.3 is 0 Å². The Bertz CT molecular complexity index is 3360. The van der Waals surface area contributed by atoms with Crippen LogP contribution >= 0.6 is 11.3 Å². The Hall–Kier alpha value is -7.72. The molecule has 0 saturated heterocycles. The third-order valence-electron chi connectivity index (χ3n) is 10.9. The van der Waals surface area contributed by atoms with Crippen LogP contribution in [0.5, 0.6) is 0 Å². The van der Waals surface area contributed by atoms with Gasteiger partial charge in [-0.1, -0.05) is 133 Å². The summed E-state index contributed by atoms with van der Waals surface area (Å²) >= 11 is 1.82. The summed E-state index contributed by atoms with van der Waals surface area (Å²) in [7, 11) is 0. The van der Waals surface area contributed by atoms with Crippen LogP contribution in [0.3, 0.4) is 0 Å². The normalized spacial score (nSPS) is 11.4. The van der Waals surface area contributed by atoms with Gasteiger partial charge in [0.1, 0.15) is 0 Å². The molecule has 0 radical (unpaired) electrons. The number of fused-ring (bicyclic) bond motifs is 6. The molecule has 0 saturated carbocycles. The van der Waals surface area contributed by atoms with Crippen LogP contribution in [-0.2, 0) is 0 Å². The van der Waals surface area contributed by atoms with Crippen molar-refractivity contribution < 1.29 is 0 Å². The van der Waals surface area contributed by atoms with Gasteiger partial charge in [-0.05, 0) is 76.9 Å². The molecule has 3 aromatic heterocycles. The van der Waals surface area contributed by atoms with Gasteiger partial charge in [0.25, 0.3) is 0 Å². The monoisotopic (exact) mass is 757 g/mol. The Balaban J connectivity index is 1.18. The number of nitrogens with zero attached hydrogens (tertiary/aromatic N) is 5. The Morgan fingerprint density at radius 1 is 0.397 bits per heavy atom. The molecule has 0 aliphatic heterocycles. The van der Waals surface area contributed by atoms with Gasteiger partial charge in [-0.25, -0.2) is 15.0 Å². The molecule has 11 rings (SSSR count). The van der Waals surface area contributed by atoms with E-state index in [1.54, 1.807) is 0 Å². The summed E-state index contributed by atoms with van der Waals surface area (Å²) in [4.78, 5) is 15.5. The number of hydrogen-bond acceptors (Lipinski definition) is 5. The lowest BCUT2D eigenvalue weighted by Gasteiger charge is -2.16. The molecule has 0 aliphatic carbocycles. The minimum atomic E-state index is 0.586. The highest BCUT2D eigenvalue weighted by Crippen LogP contribution is 2.41. The summed E-state index contributed by atoms with van der Waals surface area (Å²) < 4.78 is 4.87. The van der Waals surface area contributed by atoms with Crippen molar-refractivity contribution in [1.29, 1.82) is 5.26 Å². The van der Waals surface area contributed by atoms with E-state index < -0.39 is 0 Å². The number of nitriles is 1. The zero-order valence-corrected chi connectivity index (χ0v) is 31.9. The first kappa shape index (κ1) is 33.6. The Labute approximate surface area is 338 Å². The second kappa shape index (κ2) is 13.8. The largest absolute Gasteiger partial charge is 0.309 e. The zero-order chi connectivity index (χ0) is 38.6. The van der Waals surface area contributed by atoms with Gasteiger partial charge in [0.15, 0.2) is 17.5 Å². The predicted molar refractivity (Wildman–Crippen MR) is 239 cm³/mol. The van der Waals surface area contributed by atoms with E-state index in [1.165, 1.54) is 20.2 Å². The van der Waals surface area contributed by atoms with E-state index in [1.807, 2.05) is 90.2 Å². The highest BCUT2D eigenvalue weighted by Gasteiger charge is 2.21. The number of thiophene rings is 1. The topological polar surface area (TPSA) is 67.4 Å². The van der Waals surface area contributed by atoms with Crippen molar-refractivity contribution in [3.63, 3.8) is 0 Å². The van der Waals surface area contributed by atoms with Crippen molar-refractivity contribution in [1.82, 2.24) is 19.5 Å². The maximum absolute atomic E-state index is 9.64. The molecular formula is C52H31N5S. The average Bonchev–Trinajstić information content (AvgIpc) is 3.84. The van der Waals surface area contributed by atoms with Gasteiger partial charge in [0.2, 0.25) is 0 Å². The molecule has 3 heterocycles. The van der Waals surface area contributed by atoms with Gasteiger partial charge in [0.05, 0.1) is 28.4 Å². The van der Waals surface area contributed by atoms with Crippen molar-refractivity contribution in [3.8, 4) is 68.2 Å². The van der Waals surface area contributed by atoms with Crippen LogP contribution < -0.4 is 0 Å². The molecule has 0 unspecified atom stereocenters. The Morgan fingerprint density at radius 2 is 0.966 bits per heavy atom. The molecule has 8 aromatic carbocycles. The first-order valence-electron chi connectivity index (χ1n) is 19.2. The fourth-order valence-electron chi connectivity index (χ4n) is 8.10. The number of aromatic nitrogens is 4. The summed E-state index contributed by atoms with van der Waals surface area (Å²) in [5.74, 6) is 1.81. The summed E-state index contributed by atoms with van der Waals surface area (Å²) in [6, 6.07) is 67.5. The molecule has 0 aliphatic rings. The lowest BCUT2D eigenvalue weighted by atomic mass is 9.99. The van der Waals surface area contributed by atoms with Gasteiger partial charge in [-0.2, -0.15) is 5.26 Å². The molecule has 6 heteroatoms. The molecular weight excluding hydrogens is 727 g/mol. The Morgan fingerprint density at radius 3 is 1.74 bits per heavy atom. The van der Waals surface area contributed by atoms with Crippen molar-refractivity contribution in [2.24, 2.45) is 0 Å². The van der Waals surface area contributed by atoms with Gasteiger partial charge in [0, 0.05) is 47.6 Å². The van der Waals surface area contributed by atoms with Crippen molar-refractivity contribution >= 4 is 53.3 Å². The fourth-order valence-corrected chi connectivity index (χ4v) is 9.25. The standard InChI is InChI=1S/C52H31N5S/c53-32-33-12-11-17-36(28-33)37-23-26-46-43(29-37)40-18-7-9-20-45(40)57(46)47-27-24-38(39-22-25-42-41-19-8-10-21-48(41)58-49(42)31-39)30-44(47)52-55-50(34-13-3-1-4-14-34)54-51(56-52)35-15-5-2-6-16-35/h1-31H.